The van der Waals surface area contributed by atoms with Gasteiger partial charge in [0.2, 0.25) is 5.82 Å². The highest BCUT2D eigenvalue weighted by Gasteiger charge is 2.25. The van der Waals surface area contributed by atoms with Crippen LogP contribution in [-0.4, -0.2) is 31.1 Å². The Balaban J connectivity index is 1.50. The molecule has 0 aliphatic heterocycles. The largest absolute Gasteiger partial charge is 0.454 e. The molecule has 4 rings (SSSR count). The molecule has 0 atom stereocenters. The number of carbonyl (C=O) groups is 1. The van der Waals surface area contributed by atoms with E-state index in [-0.39, 0.29) is 29.4 Å². The third kappa shape index (κ3) is 5.02. The van der Waals surface area contributed by atoms with Crippen molar-refractivity contribution in [2.24, 2.45) is 0 Å². The average Bonchev–Trinajstić information content (AvgIpc) is 3.53. The summed E-state index contributed by atoms with van der Waals surface area (Å²) in [6.07, 6.45) is 1.50. The summed E-state index contributed by atoms with van der Waals surface area (Å²) < 4.78 is 38.2. The molecule has 0 aliphatic rings. The van der Waals surface area contributed by atoms with Gasteiger partial charge < -0.3 is 9.26 Å². The second-order valence-corrected chi connectivity index (χ2v) is 9.43. The smallest absolute Gasteiger partial charge is 0.338 e. The summed E-state index contributed by atoms with van der Waals surface area (Å²) in [5.41, 5.74) is 1.36. The molecule has 4 aromatic rings. The van der Waals surface area contributed by atoms with Crippen molar-refractivity contribution in [3.63, 3.8) is 0 Å². The Hall–Kier alpha value is -3.76. The zero-order chi connectivity index (χ0) is 23.3. The van der Waals surface area contributed by atoms with Crippen LogP contribution in [0.5, 0.6) is 0 Å². The maximum Gasteiger partial charge on any atom is 0.338 e. The summed E-state index contributed by atoms with van der Waals surface area (Å²) in [5, 5.41) is 7.55. The van der Waals surface area contributed by atoms with Crippen LogP contribution in [0.1, 0.15) is 16.2 Å². The number of carbonyl (C=O) groups excluding carboxylic acids is 1. The molecule has 10 heteroatoms. The highest BCUT2D eigenvalue weighted by molar-refractivity contribution is 7.92. The lowest BCUT2D eigenvalue weighted by molar-refractivity contribution is 0.0459. The van der Waals surface area contributed by atoms with Gasteiger partial charge in [-0.15, -0.1) is 6.58 Å². The number of aromatic nitrogens is 2. The van der Waals surface area contributed by atoms with Crippen LogP contribution >= 0.6 is 11.3 Å². The van der Waals surface area contributed by atoms with Crippen LogP contribution in [-0.2, 0) is 21.4 Å². The first kappa shape index (κ1) is 22.4. The van der Waals surface area contributed by atoms with Gasteiger partial charge in [0, 0.05) is 5.38 Å². The van der Waals surface area contributed by atoms with Crippen molar-refractivity contribution in [3.05, 3.63) is 95.5 Å². The third-order valence-corrected chi connectivity index (χ3v) is 7.04. The van der Waals surface area contributed by atoms with Crippen molar-refractivity contribution in [1.82, 2.24) is 10.1 Å². The fourth-order valence-corrected chi connectivity index (χ4v) is 5.11. The number of thiophene rings is 1. The van der Waals surface area contributed by atoms with Crippen LogP contribution in [0.25, 0.3) is 11.5 Å². The minimum atomic E-state index is -3.95. The Morgan fingerprint density at radius 1 is 1.15 bits per heavy atom. The van der Waals surface area contributed by atoms with Gasteiger partial charge in [-0.1, -0.05) is 35.5 Å². The van der Waals surface area contributed by atoms with E-state index in [1.54, 1.807) is 30.3 Å². The molecule has 2 aromatic heterocycles. The van der Waals surface area contributed by atoms with Crippen molar-refractivity contribution in [1.29, 1.82) is 0 Å². The summed E-state index contributed by atoms with van der Waals surface area (Å²) in [6.45, 7) is 3.51. The predicted octanol–water partition coefficient (Wildman–Crippen LogP) is 4.54. The zero-order valence-corrected chi connectivity index (χ0v) is 19.0. The molecule has 0 fully saturated rings. The minimum absolute atomic E-state index is 0.0399. The minimum Gasteiger partial charge on any atom is -0.454 e. The molecule has 0 unspecified atom stereocenters. The number of para-hydroxylation sites is 1. The van der Waals surface area contributed by atoms with E-state index < -0.39 is 16.0 Å². The molecule has 0 saturated carbocycles. The van der Waals surface area contributed by atoms with E-state index in [0.29, 0.717) is 11.6 Å². The molecule has 0 aliphatic carbocycles. The van der Waals surface area contributed by atoms with Gasteiger partial charge in [-0.2, -0.15) is 16.3 Å². The quantitative estimate of drug-likeness (QED) is 0.255. The van der Waals surface area contributed by atoms with Crippen molar-refractivity contribution in [3.8, 4) is 11.5 Å². The standard InChI is InChI=1S/C23H19N3O5S2/c1-2-12-26(19-8-4-3-5-9-19)33(28,29)20-10-6-7-17(14-20)23(27)30-15-21-24-22(31-25-21)18-11-13-32-16-18/h2-11,13-14,16H,1,12,15H2. The van der Waals surface area contributed by atoms with E-state index >= 15 is 0 Å². The van der Waals surface area contributed by atoms with Crippen LogP contribution in [0.15, 0.2) is 93.5 Å². The number of nitrogens with zero attached hydrogens (tertiary/aromatic N) is 3. The van der Waals surface area contributed by atoms with E-state index in [4.69, 9.17) is 9.26 Å². The van der Waals surface area contributed by atoms with Crippen LogP contribution in [0, 0.1) is 0 Å². The summed E-state index contributed by atoms with van der Waals surface area (Å²) in [7, 11) is -3.95. The monoisotopic (exact) mass is 481 g/mol. The fourth-order valence-electron chi connectivity index (χ4n) is 2.99. The Kier molecular flexibility index (Phi) is 6.66. The van der Waals surface area contributed by atoms with E-state index in [0.717, 1.165) is 5.56 Å². The second kappa shape index (κ2) is 9.80. The van der Waals surface area contributed by atoms with E-state index in [1.807, 2.05) is 16.8 Å². The first-order chi connectivity index (χ1) is 16.0. The van der Waals surface area contributed by atoms with Gasteiger partial charge in [-0.25, -0.2) is 13.2 Å². The zero-order valence-electron chi connectivity index (χ0n) is 17.3. The molecular formula is C23H19N3O5S2. The predicted molar refractivity (Wildman–Crippen MR) is 124 cm³/mol. The van der Waals surface area contributed by atoms with Crippen molar-refractivity contribution in [2.75, 3.05) is 10.8 Å². The number of ether oxygens (including phenoxy) is 1. The summed E-state index contributed by atoms with van der Waals surface area (Å²) in [5.74, 6) is -0.169. The lowest BCUT2D eigenvalue weighted by Gasteiger charge is -2.23. The first-order valence-corrected chi connectivity index (χ1v) is 12.2. The second-order valence-electron chi connectivity index (χ2n) is 6.79. The number of esters is 1. The van der Waals surface area contributed by atoms with E-state index in [1.165, 1.54) is 46.0 Å². The topological polar surface area (TPSA) is 103 Å². The number of sulfonamides is 1. The molecule has 2 aromatic carbocycles. The molecule has 2 heterocycles. The Morgan fingerprint density at radius 3 is 2.70 bits per heavy atom. The Bertz CT molecular complexity index is 1350. The molecular weight excluding hydrogens is 462 g/mol. The van der Waals surface area contributed by atoms with Gasteiger partial charge in [0.1, 0.15) is 0 Å². The van der Waals surface area contributed by atoms with Crippen LogP contribution in [0.3, 0.4) is 0 Å². The van der Waals surface area contributed by atoms with Crippen molar-refractivity contribution in [2.45, 2.75) is 11.5 Å². The van der Waals surface area contributed by atoms with Crippen LogP contribution in [0.4, 0.5) is 5.69 Å². The fraction of sp³-hybridized carbons (Fsp3) is 0.0870. The summed E-state index contributed by atoms with van der Waals surface area (Å²) >= 11 is 1.49. The van der Waals surface area contributed by atoms with Gasteiger partial charge in [-0.05, 0) is 41.8 Å². The number of rotatable bonds is 9. The van der Waals surface area contributed by atoms with Crippen LogP contribution < -0.4 is 4.31 Å². The summed E-state index contributed by atoms with van der Waals surface area (Å²) in [4.78, 5) is 16.7. The van der Waals surface area contributed by atoms with Crippen molar-refractivity contribution >= 4 is 33.0 Å². The maximum atomic E-state index is 13.3. The van der Waals surface area contributed by atoms with Gasteiger partial charge in [-0.3, -0.25) is 4.31 Å². The number of hydrogen-bond donors (Lipinski definition) is 0. The normalized spacial score (nSPS) is 11.2. The molecule has 0 spiro atoms. The molecule has 0 radical (unpaired) electrons. The molecule has 8 nitrogen and oxygen atoms in total. The van der Waals surface area contributed by atoms with Gasteiger partial charge in [0.15, 0.2) is 6.61 Å². The highest BCUT2D eigenvalue weighted by atomic mass is 32.2. The average molecular weight is 482 g/mol. The number of hydrogen-bond acceptors (Lipinski definition) is 8. The van der Waals surface area contributed by atoms with E-state index in [9.17, 15) is 13.2 Å². The highest BCUT2D eigenvalue weighted by Crippen LogP contribution is 2.24. The van der Waals surface area contributed by atoms with Gasteiger partial charge >= 0.3 is 5.97 Å². The molecule has 168 valence electrons. The lowest BCUT2D eigenvalue weighted by Crippen LogP contribution is -2.31. The molecule has 0 saturated heterocycles. The third-order valence-electron chi connectivity index (χ3n) is 4.57. The van der Waals surface area contributed by atoms with Crippen molar-refractivity contribution < 1.29 is 22.5 Å². The molecule has 0 N–H and O–H groups in total. The van der Waals surface area contributed by atoms with Gasteiger partial charge in [0.05, 0.1) is 28.3 Å². The Labute approximate surface area is 194 Å². The Morgan fingerprint density at radius 2 is 1.97 bits per heavy atom. The number of benzene rings is 2. The van der Waals surface area contributed by atoms with Crippen LogP contribution in [0.2, 0.25) is 0 Å². The first-order valence-electron chi connectivity index (χ1n) is 9.80. The molecule has 0 amide bonds. The molecule has 0 bridgehead atoms. The van der Waals surface area contributed by atoms with E-state index in [2.05, 4.69) is 16.7 Å². The lowest BCUT2D eigenvalue weighted by atomic mass is 10.2. The summed E-state index contributed by atoms with van der Waals surface area (Å²) in [6, 6.07) is 16.2. The van der Waals surface area contributed by atoms with Gasteiger partial charge in [0.25, 0.3) is 15.9 Å². The SMILES string of the molecule is C=CCN(c1ccccc1)S(=O)(=O)c1cccc(C(=O)OCc2noc(-c3ccsc3)n2)c1. The molecule has 33 heavy (non-hydrogen) atoms. The maximum absolute atomic E-state index is 13.3. The number of anilines is 1.